The summed E-state index contributed by atoms with van der Waals surface area (Å²) in [5.74, 6) is -0.241. The molecule has 18 heavy (non-hydrogen) atoms. The lowest BCUT2D eigenvalue weighted by atomic mass is 9.78. The summed E-state index contributed by atoms with van der Waals surface area (Å²) in [6, 6.07) is 5.56. The molecule has 0 radical (unpaired) electrons. The van der Waals surface area contributed by atoms with Crippen molar-refractivity contribution >= 4 is 17.1 Å². The molecule has 1 saturated heterocycles. The van der Waals surface area contributed by atoms with Crippen LogP contribution in [0, 0.1) is 0 Å². The third kappa shape index (κ3) is 1.51. The minimum atomic E-state index is -0.684. The summed E-state index contributed by atoms with van der Waals surface area (Å²) in [7, 11) is 0. The highest BCUT2D eigenvalue weighted by atomic mass is 16.6. The lowest BCUT2D eigenvalue weighted by molar-refractivity contribution is -0.169. The molecular formula is C13H13NO4. The van der Waals surface area contributed by atoms with E-state index >= 15 is 0 Å². The highest BCUT2D eigenvalue weighted by molar-refractivity contribution is 5.86. The van der Waals surface area contributed by atoms with Crippen molar-refractivity contribution in [2.45, 2.75) is 12.3 Å². The molecule has 1 aromatic heterocycles. The smallest absolute Gasteiger partial charge is 0.321 e. The van der Waals surface area contributed by atoms with Gasteiger partial charge in [0.1, 0.15) is 10.9 Å². The largest absolute Gasteiger partial charge is 0.465 e. The normalized spacial score (nSPS) is 17.4. The standard InChI is InChI=1S/C13H13NO4/c1-2-17-12(15)13(6-16-7-13)9-3-4-10-11(5-9)18-8-14-10/h3-5,8H,2,6-7H2,1H3. The van der Waals surface area contributed by atoms with Crippen LogP contribution < -0.4 is 0 Å². The Labute approximate surface area is 104 Å². The first-order valence-corrected chi connectivity index (χ1v) is 5.85. The third-order valence-electron chi connectivity index (χ3n) is 3.25. The monoisotopic (exact) mass is 247 g/mol. The van der Waals surface area contributed by atoms with Gasteiger partial charge in [-0.3, -0.25) is 4.79 Å². The summed E-state index contributed by atoms with van der Waals surface area (Å²) in [6.45, 7) is 2.87. The van der Waals surface area contributed by atoms with Crippen LogP contribution in [0.4, 0.5) is 0 Å². The van der Waals surface area contributed by atoms with E-state index in [9.17, 15) is 4.79 Å². The molecule has 0 N–H and O–H groups in total. The Kier molecular flexibility index (Phi) is 2.56. The molecule has 5 heteroatoms. The molecule has 2 aromatic rings. The van der Waals surface area contributed by atoms with Gasteiger partial charge < -0.3 is 13.9 Å². The minimum Gasteiger partial charge on any atom is -0.465 e. The van der Waals surface area contributed by atoms with Gasteiger partial charge in [-0.15, -0.1) is 0 Å². The molecule has 0 bridgehead atoms. The van der Waals surface area contributed by atoms with Gasteiger partial charge in [-0.2, -0.15) is 0 Å². The summed E-state index contributed by atoms with van der Waals surface area (Å²) in [5, 5.41) is 0. The van der Waals surface area contributed by atoms with Crippen molar-refractivity contribution in [3.63, 3.8) is 0 Å². The highest BCUT2D eigenvalue weighted by Crippen LogP contribution is 2.35. The van der Waals surface area contributed by atoms with Gasteiger partial charge in [0.25, 0.3) is 0 Å². The SMILES string of the molecule is CCOC(=O)C1(c2ccc3ncoc3c2)COC1. The first kappa shape index (κ1) is 11.2. The Bertz CT molecular complexity index is 585. The fraction of sp³-hybridized carbons (Fsp3) is 0.385. The van der Waals surface area contributed by atoms with E-state index in [0.717, 1.165) is 11.1 Å². The van der Waals surface area contributed by atoms with Crippen LogP contribution in [-0.2, 0) is 19.7 Å². The average Bonchev–Trinajstić information content (AvgIpc) is 2.75. The van der Waals surface area contributed by atoms with Crippen molar-refractivity contribution in [3.05, 3.63) is 30.2 Å². The predicted molar refractivity (Wildman–Crippen MR) is 63.1 cm³/mol. The highest BCUT2D eigenvalue weighted by Gasteiger charge is 2.49. The van der Waals surface area contributed by atoms with Crippen molar-refractivity contribution in [3.8, 4) is 0 Å². The Morgan fingerprint density at radius 1 is 1.50 bits per heavy atom. The Hall–Kier alpha value is -1.88. The van der Waals surface area contributed by atoms with E-state index in [1.165, 1.54) is 6.39 Å². The molecule has 0 aliphatic carbocycles. The summed E-state index contributed by atoms with van der Waals surface area (Å²) < 4.78 is 15.6. The summed E-state index contributed by atoms with van der Waals surface area (Å²) in [6.07, 6.45) is 1.39. The number of esters is 1. The lowest BCUT2D eigenvalue weighted by Gasteiger charge is -2.39. The van der Waals surface area contributed by atoms with Crippen molar-refractivity contribution in [1.82, 2.24) is 4.98 Å². The van der Waals surface area contributed by atoms with Crippen molar-refractivity contribution in [2.75, 3.05) is 19.8 Å². The molecule has 1 aliphatic rings. The predicted octanol–water partition coefficient (Wildman–Crippen LogP) is 1.66. The maximum absolute atomic E-state index is 12.1. The van der Waals surface area contributed by atoms with Crippen molar-refractivity contribution in [1.29, 1.82) is 0 Å². The molecular weight excluding hydrogens is 234 g/mol. The Morgan fingerprint density at radius 2 is 2.33 bits per heavy atom. The molecule has 5 nitrogen and oxygen atoms in total. The molecule has 0 atom stereocenters. The number of hydrogen-bond acceptors (Lipinski definition) is 5. The van der Waals surface area contributed by atoms with Gasteiger partial charge in [-0.25, -0.2) is 4.98 Å². The van der Waals surface area contributed by atoms with Gasteiger partial charge >= 0.3 is 5.97 Å². The van der Waals surface area contributed by atoms with Gasteiger partial charge in [0, 0.05) is 0 Å². The summed E-state index contributed by atoms with van der Waals surface area (Å²) in [4.78, 5) is 16.1. The molecule has 0 spiro atoms. The van der Waals surface area contributed by atoms with E-state index in [4.69, 9.17) is 13.9 Å². The first-order chi connectivity index (χ1) is 8.76. The maximum Gasteiger partial charge on any atom is 0.321 e. The summed E-state index contributed by atoms with van der Waals surface area (Å²) >= 11 is 0. The maximum atomic E-state index is 12.1. The second-order valence-corrected chi connectivity index (χ2v) is 4.33. The van der Waals surface area contributed by atoms with Gasteiger partial charge in [-0.05, 0) is 24.6 Å². The Morgan fingerprint density at radius 3 is 3.00 bits per heavy atom. The van der Waals surface area contributed by atoms with Gasteiger partial charge in [0.2, 0.25) is 0 Å². The second-order valence-electron chi connectivity index (χ2n) is 4.33. The van der Waals surface area contributed by atoms with E-state index < -0.39 is 5.41 Å². The van der Waals surface area contributed by atoms with Crippen LogP contribution >= 0.6 is 0 Å². The van der Waals surface area contributed by atoms with Crippen molar-refractivity contribution < 1.29 is 18.7 Å². The average molecular weight is 247 g/mol. The van der Waals surface area contributed by atoms with Crippen LogP contribution in [-0.4, -0.2) is 30.8 Å². The number of nitrogens with zero attached hydrogens (tertiary/aromatic N) is 1. The zero-order chi connectivity index (χ0) is 12.6. The number of rotatable bonds is 3. The van der Waals surface area contributed by atoms with Crippen LogP contribution in [0.2, 0.25) is 0 Å². The van der Waals surface area contributed by atoms with Crippen LogP contribution in [0.3, 0.4) is 0 Å². The van der Waals surface area contributed by atoms with Gasteiger partial charge in [0.05, 0.1) is 19.8 Å². The van der Waals surface area contributed by atoms with Crippen molar-refractivity contribution in [2.24, 2.45) is 0 Å². The van der Waals surface area contributed by atoms with Gasteiger partial charge in [-0.1, -0.05) is 6.07 Å². The number of aromatic nitrogens is 1. The van der Waals surface area contributed by atoms with E-state index in [-0.39, 0.29) is 5.97 Å². The Balaban J connectivity index is 2.02. The molecule has 0 amide bonds. The van der Waals surface area contributed by atoms with Gasteiger partial charge in [0.15, 0.2) is 12.0 Å². The first-order valence-electron chi connectivity index (χ1n) is 5.85. The lowest BCUT2D eigenvalue weighted by Crippen LogP contribution is -2.53. The van der Waals surface area contributed by atoms with Crippen LogP contribution in [0.25, 0.3) is 11.1 Å². The minimum absolute atomic E-state index is 0.241. The van der Waals surface area contributed by atoms with E-state index in [1.54, 1.807) is 6.92 Å². The summed E-state index contributed by atoms with van der Waals surface area (Å²) in [5.41, 5.74) is 1.62. The quantitative estimate of drug-likeness (QED) is 0.772. The molecule has 1 fully saturated rings. The number of fused-ring (bicyclic) bond motifs is 1. The number of ether oxygens (including phenoxy) is 2. The molecule has 3 rings (SSSR count). The molecule has 1 aromatic carbocycles. The molecule has 1 aliphatic heterocycles. The molecule has 2 heterocycles. The molecule has 0 saturated carbocycles. The fourth-order valence-electron chi connectivity index (χ4n) is 2.13. The number of carbonyl (C=O) groups is 1. The number of oxazole rings is 1. The second kappa shape index (κ2) is 4.10. The fourth-order valence-corrected chi connectivity index (χ4v) is 2.13. The van der Waals surface area contributed by atoms with Crippen LogP contribution in [0.1, 0.15) is 12.5 Å². The van der Waals surface area contributed by atoms with E-state index in [0.29, 0.717) is 25.4 Å². The zero-order valence-corrected chi connectivity index (χ0v) is 10.0. The van der Waals surface area contributed by atoms with E-state index in [1.807, 2.05) is 18.2 Å². The number of carbonyl (C=O) groups excluding carboxylic acids is 1. The van der Waals surface area contributed by atoms with Crippen LogP contribution in [0.5, 0.6) is 0 Å². The third-order valence-corrected chi connectivity index (χ3v) is 3.25. The number of benzene rings is 1. The molecule has 0 unspecified atom stereocenters. The number of hydrogen-bond donors (Lipinski definition) is 0. The van der Waals surface area contributed by atoms with E-state index in [2.05, 4.69) is 4.98 Å². The topological polar surface area (TPSA) is 61.6 Å². The van der Waals surface area contributed by atoms with Crippen LogP contribution in [0.15, 0.2) is 29.0 Å². The zero-order valence-electron chi connectivity index (χ0n) is 10.0. The molecule has 94 valence electrons.